The first-order chi connectivity index (χ1) is 6.95. The second-order valence-corrected chi connectivity index (χ2v) is 3.59. The lowest BCUT2D eigenvalue weighted by Crippen LogP contribution is -2.35. The molecule has 0 saturated carbocycles. The van der Waals surface area contributed by atoms with E-state index in [2.05, 4.69) is 5.10 Å². The van der Waals surface area contributed by atoms with Crippen LogP contribution in [-0.4, -0.2) is 19.1 Å². The zero-order valence-corrected chi connectivity index (χ0v) is 9.11. The van der Waals surface area contributed by atoms with Crippen LogP contribution in [0.1, 0.15) is 5.69 Å². The number of rotatable bonds is 0. The van der Waals surface area contributed by atoms with Crippen LogP contribution in [0.4, 0.5) is 0 Å². The first-order valence-corrected chi connectivity index (χ1v) is 4.54. The maximum Gasteiger partial charge on any atom is 0.293 e. The molecule has 15 heavy (non-hydrogen) atoms. The van der Waals surface area contributed by atoms with Gasteiger partial charge in [-0.1, -0.05) is 0 Å². The van der Waals surface area contributed by atoms with Crippen LogP contribution in [0.5, 0.6) is 0 Å². The minimum atomic E-state index is -0.254. The molecule has 0 radical (unpaired) electrons. The summed E-state index contributed by atoms with van der Waals surface area (Å²) >= 11 is 0. The van der Waals surface area contributed by atoms with Crippen molar-refractivity contribution < 1.29 is 0 Å². The minimum absolute atomic E-state index is 0.197. The van der Waals surface area contributed by atoms with Crippen molar-refractivity contribution in [3.8, 4) is 0 Å². The summed E-state index contributed by atoms with van der Waals surface area (Å²) in [6.45, 7) is 1.77. The van der Waals surface area contributed by atoms with Gasteiger partial charge in [-0.25, -0.2) is 4.68 Å². The van der Waals surface area contributed by atoms with Crippen LogP contribution in [0.2, 0.25) is 0 Å². The van der Waals surface area contributed by atoms with E-state index in [1.165, 1.54) is 9.36 Å². The number of aryl methyl sites for hydroxylation is 2. The van der Waals surface area contributed by atoms with Crippen molar-refractivity contribution in [3.63, 3.8) is 0 Å². The largest absolute Gasteiger partial charge is 0.293 e. The van der Waals surface area contributed by atoms with Crippen molar-refractivity contribution in [1.82, 2.24) is 19.1 Å². The molecule has 0 aromatic carbocycles. The highest BCUT2D eigenvalue weighted by atomic mass is 16.2. The molecule has 0 aliphatic carbocycles. The van der Waals surface area contributed by atoms with E-state index in [9.17, 15) is 9.59 Å². The molecule has 0 aliphatic rings. The number of hydrogen-bond acceptors (Lipinski definition) is 3. The number of hydrogen-bond donors (Lipinski definition) is 0. The van der Waals surface area contributed by atoms with Gasteiger partial charge in [0.05, 0.1) is 5.39 Å². The van der Waals surface area contributed by atoms with Crippen molar-refractivity contribution in [2.75, 3.05) is 0 Å². The van der Waals surface area contributed by atoms with Crippen molar-refractivity contribution in [2.45, 2.75) is 6.92 Å². The second kappa shape index (κ2) is 2.82. The van der Waals surface area contributed by atoms with Gasteiger partial charge in [0, 0.05) is 26.8 Å². The van der Waals surface area contributed by atoms with Gasteiger partial charge in [-0.3, -0.25) is 19.0 Å². The molecule has 0 unspecified atom stereocenters. The van der Waals surface area contributed by atoms with Gasteiger partial charge < -0.3 is 0 Å². The van der Waals surface area contributed by atoms with Crippen LogP contribution in [0.3, 0.4) is 0 Å². The van der Waals surface area contributed by atoms with E-state index in [0.29, 0.717) is 11.1 Å². The summed E-state index contributed by atoms with van der Waals surface area (Å²) in [5, 5.41) is 4.45. The standard InChI is InChI=1S/C9H12N4O2/c1-5-6-7(10-11(5)2)9(15)13(4)12(3)8(6)14/h1-4H3. The summed E-state index contributed by atoms with van der Waals surface area (Å²) in [4.78, 5) is 23.7. The minimum Gasteiger partial charge on any atom is -0.271 e. The highest BCUT2D eigenvalue weighted by Gasteiger charge is 2.15. The fraction of sp³-hybridized carbons (Fsp3) is 0.444. The molecule has 0 amide bonds. The lowest BCUT2D eigenvalue weighted by atomic mass is 10.3. The summed E-state index contributed by atoms with van der Waals surface area (Å²) in [6, 6.07) is 0. The monoisotopic (exact) mass is 208 g/mol. The first kappa shape index (κ1) is 9.70. The molecule has 2 aromatic rings. The zero-order valence-electron chi connectivity index (χ0n) is 9.11. The van der Waals surface area contributed by atoms with Gasteiger partial charge in [-0.2, -0.15) is 5.10 Å². The molecule has 0 aliphatic heterocycles. The topological polar surface area (TPSA) is 61.8 Å². The van der Waals surface area contributed by atoms with Crippen molar-refractivity contribution in [2.24, 2.45) is 21.1 Å². The highest BCUT2D eigenvalue weighted by Crippen LogP contribution is 2.07. The summed E-state index contributed by atoms with van der Waals surface area (Å²) in [5.74, 6) is 0. The molecule has 2 aromatic heterocycles. The van der Waals surface area contributed by atoms with Crippen molar-refractivity contribution in [1.29, 1.82) is 0 Å². The fourth-order valence-electron chi connectivity index (χ4n) is 1.60. The SMILES string of the molecule is Cc1c2c(=O)n(C)n(C)c(=O)c2nn1C. The average Bonchev–Trinajstić information content (AvgIpc) is 2.50. The van der Waals surface area contributed by atoms with E-state index >= 15 is 0 Å². The Morgan fingerprint density at radius 2 is 1.53 bits per heavy atom. The fourth-order valence-corrected chi connectivity index (χ4v) is 1.60. The maximum atomic E-state index is 11.9. The first-order valence-electron chi connectivity index (χ1n) is 4.54. The molecule has 0 fully saturated rings. The van der Waals surface area contributed by atoms with E-state index in [0.717, 1.165) is 0 Å². The van der Waals surface area contributed by atoms with Gasteiger partial charge in [0.15, 0.2) is 5.52 Å². The Morgan fingerprint density at radius 3 is 2.13 bits per heavy atom. The number of fused-ring (bicyclic) bond motifs is 1. The molecule has 0 spiro atoms. The molecule has 0 N–H and O–H groups in total. The highest BCUT2D eigenvalue weighted by molar-refractivity contribution is 5.79. The van der Waals surface area contributed by atoms with E-state index in [4.69, 9.17) is 0 Å². The van der Waals surface area contributed by atoms with Gasteiger partial charge in [0.1, 0.15) is 0 Å². The Bertz CT molecular complexity index is 659. The Labute approximate surface area is 85.3 Å². The van der Waals surface area contributed by atoms with Crippen LogP contribution >= 0.6 is 0 Å². The zero-order chi connectivity index (χ0) is 11.3. The Balaban J connectivity index is 3.23. The van der Waals surface area contributed by atoms with Gasteiger partial charge in [-0.15, -0.1) is 0 Å². The molecule has 0 bridgehead atoms. The molecule has 0 saturated heterocycles. The van der Waals surface area contributed by atoms with Crippen LogP contribution in [0, 0.1) is 6.92 Å². The normalized spacial score (nSPS) is 11.2. The van der Waals surface area contributed by atoms with Gasteiger partial charge in [0.2, 0.25) is 0 Å². The maximum absolute atomic E-state index is 11.9. The Kier molecular flexibility index (Phi) is 1.82. The molecule has 6 nitrogen and oxygen atoms in total. The van der Waals surface area contributed by atoms with Crippen LogP contribution in [0.25, 0.3) is 10.9 Å². The molecular formula is C9H12N4O2. The lowest BCUT2D eigenvalue weighted by molar-refractivity contribution is 0.542. The quantitative estimate of drug-likeness (QED) is 0.574. The third kappa shape index (κ3) is 1.07. The van der Waals surface area contributed by atoms with Gasteiger partial charge >= 0.3 is 0 Å². The lowest BCUT2D eigenvalue weighted by Gasteiger charge is -2.04. The molecule has 0 atom stereocenters. The van der Waals surface area contributed by atoms with Crippen molar-refractivity contribution in [3.05, 3.63) is 26.4 Å². The molecule has 2 heterocycles. The van der Waals surface area contributed by atoms with Gasteiger partial charge in [-0.05, 0) is 6.92 Å². The summed E-state index contributed by atoms with van der Waals surface area (Å²) in [7, 11) is 4.83. The molecule has 2 rings (SSSR count). The predicted octanol–water partition coefficient (Wildman–Crippen LogP) is -0.721. The molecule has 6 heteroatoms. The summed E-state index contributed by atoms with van der Waals surface area (Å²) in [6.07, 6.45) is 0. The average molecular weight is 208 g/mol. The van der Waals surface area contributed by atoms with E-state index in [1.54, 1.807) is 32.7 Å². The van der Waals surface area contributed by atoms with Crippen LogP contribution in [0.15, 0.2) is 9.59 Å². The Hall–Kier alpha value is -1.85. The van der Waals surface area contributed by atoms with E-state index in [-0.39, 0.29) is 16.6 Å². The Morgan fingerprint density at radius 1 is 1.00 bits per heavy atom. The van der Waals surface area contributed by atoms with E-state index < -0.39 is 0 Å². The van der Waals surface area contributed by atoms with E-state index in [1.807, 2.05) is 0 Å². The number of nitrogens with zero attached hydrogens (tertiary/aromatic N) is 4. The van der Waals surface area contributed by atoms with Crippen LogP contribution in [-0.2, 0) is 21.1 Å². The predicted molar refractivity (Wildman–Crippen MR) is 55.9 cm³/mol. The molecular weight excluding hydrogens is 196 g/mol. The van der Waals surface area contributed by atoms with Crippen molar-refractivity contribution >= 4 is 10.9 Å². The summed E-state index contributed by atoms with van der Waals surface area (Å²) in [5.41, 5.74) is 0.498. The third-order valence-electron chi connectivity index (χ3n) is 2.79. The van der Waals surface area contributed by atoms with Crippen LogP contribution < -0.4 is 11.1 Å². The third-order valence-corrected chi connectivity index (χ3v) is 2.79. The second-order valence-electron chi connectivity index (χ2n) is 3.59. The number of aromatic nitrogens is 4. The molecule has 80 valence electrons. The van der Waals surface area contributed by atoms with Gasteiger partial charge in [0.25, 0.3) is 11.1 Å². The summed E-state index contributed by atoms with van der Waals surface area (Å²) < 4.78 is 4.10. The smallest absolute Gasteiger partial charge is 0.271 e.